The van der Waals surface area contributed by atoms with E-state index in [1.807, 2.05) is 0 Å². The topological polar surface area (TPSA) is 55.8 Å². The number of carboxylic acids is 1. The number of rotatable bonds is 5. The normalized spacial score (nSPS) is 10.2. The summed E-state index contributed by atoms with van der Waals surface area (Å²) in [4.78, 5) is 10.8. The second-order valence-corrected chi connectivity index (χ2v) is 2.87. The maximum absolute atomic E-state index is 11.9. The summed E-state index contributed by atoms with van der Waals surface area (Å²) in [6, 6.07) is 3.91. The number of ether oxygens (including phenoxy) is 2. The van der Waals surface area contributed by atoms with Crippen molar-refractivity contribution in [2.75, 3.05) is 13.7 Å². The minimum absolute atomic E-state index is 0.132. The zero-order valence-corrected chi connectivity index (χ0v) is 8.44. The summed E-state index contributed by atoms with van der Waals surface area (Å²) in [5.74, 6) is -1.03. The van der Waals surface area contributed by atoms with Gasteiger partial charge in [0.1, 0.15) is 23.7 Å². The summed E-state index contributed by atoms with van der Waals surface area (Å²) in [6.07, 6.45) is -2.66. The van der Waals surface area contributed by atoms with Crippen molar-refractivity contribution < 1.29 is 28.2 Å². The maximum atomic E-state index is 11.9. The Morgan fingerprint density at radius 3 is 2.69 bits per heavy atom. The molecular formula is C10H10F2O4. The molecule has 6 heteroatoms. The van der Waals surface area contributed by atoms with Crippen LogP contribution in [0.4, 0.5) is 8.78 Å². The lowest BCUT2D eigenvalue weighted by Gasteiger charge is -2.10. The lowest BCUT2D eigenvalue weighted by molar-refractivity contribution is 0.0663. The number of halogens is 2. The van der Waals surface area contributed by atoms with Gasteiger partial charge in [0.15, 0.2) is 0 Å². The average molecular weight is 232 g/mol. The Morgan fingerprint density at radius 2 is 2.19 bits per heavy atom. The smallest absolute Gasteiger partial charge is 0.339 e. The van der Waals surface area contributed by atoms with Gasteiger partial charge >= 0.3 is 5.97 Å². The summed E-state index contributed by atoms with van der Waals surface area (Å²) < 4.78 is 33.4. The number of benzene rings is 1. The number of carboxylic acid groups (broad SMARTS) is 1. The molecule has 4 nitrogen and oxygen atoms in total. The van der Waals surface area contributed by atoms with E-state index in [1.165, 1.54) is 25.3 Å². The van der Waals surface area contributed by atoms with Crippen LogP contribution in [-0.4, -0.2) is 31.2 Å². The molecule has 1 aromatic rings. The number of alkyl halides is 2. The predicted octanol–water partition coefficient (Wildman–Crippen LogP) is 2.04. The summed E-state index contributed by atoms with van der Waals surface area (Å²) >= 11 is 0. The van der Waals surface area contributed by atoms with E-state index < -0.39 is 19.0 Å². The summed E-state index contributed by atoms with van der Waals surface area (Å²) in [5, 5.41) is 8.79. The predicted molar refractivity (Wildman–Crippen MR) is 51.5 cm³/mol. The highest BCUT2D eigenvalue weighted by atomic mass is 19.3. The van der Waals surface area contributed by atoms with Crippen molar-refractivity contribution >= 4 is 5.97 Å². The fourth-order valence-corrected chi connectivity index (χ4v) is 1.08. The monoisotopic (exact) mass is 232 g/mol. The number of hydrogen-bond acceptors (Lipinski definition) is 3. The van der Waals surface area contributed by atoms with Gasteiger partial charge < -0.3 is 14.6 Å². The van der Waals surface area contributed by atoms with Crippen LogP contribution in [0.5, 0.6) is 11.5 Å². The molecule has 0 spiro atoms. The molecule has 1 rings (SSSR count). The lowest BCUT2D eigenvalue weighted by Crippen LogP contribution is -2.10. The first-order valence-electron chi connectivity index (χ1n) is 4.37. The highest BCUT2D eigenvalue weighted by Crippen LogP contribution is 2.25. The van der Waals surface area contributed by atoms with Crippen molar-refractivity contribution in [3.8, 4) is 11.5 Å². The van der Waals surface area contributed by atoms with Gasteiger partial charge in [-0.3, -0.25) is 0 Å². The Balaban J connectivity index is 2.96. The first-order chi connectivity index (χ1) is 7.54. The number of hydrogen-bond donors (Lipinski definition) is 1. The molecule has 0 saturated heterocycles. The molecule has 0 unspecified atom stereocenters. The Kier molecular flexibility index (Phi) is 4.04. The minimum Gasteiger partial charge on any atom is -0.497 e. The van der Waals surface area contributed by atoms with Gasteiger partial charge in [0.25, 0.3) is 6.43 Å². The Hall–Kier alpha value is -1.85. The third-order valence-electron chi connectivity index (χ3n) is 1.78. The molecule has 1 N–H and O–H groups in total. The molecule has 88 valence electrons. The highest BCUT2D eigenvalue weighted by Gasteiger charge is 2.14. The number of methoxy groups -OCH3 is 1. The van der Waals surface area contributed by atoms with Crippen LogP contribution in [0.15, 0.2) is 18.2 Å². The standard InChI is InChI=1S/C10H10F2O4/c1-15-6-2-3-7(10(13)14)8(4-6)16-5-9(11)12/h2-4,9H,5H2,1H3,(H,13,14). The zero-order chi connectivity index (χ0) is 12.1. The second-order valence-electron chi connectivity index (χ2n) is 2.87. The van der Waals surface area contributed by atoms with Gasteiger partial charge in [-0.2, -0.15) is 0 Å². The summed E-state index contributed by atoms with van der Waals surface area (Å²) in [7, 11) is 1.38. The van der Waals surface area contributed by atoms with Crippen LogP contribution >= 0.6 is 0 Å². The zero-order valence-electron chi connectivity index (χ0n) is 8.44. The third kappa shape index (κ3) is 3.08. The van der Waals surface area contributed by atoms with E-state index in [0.717, 1.165) is 0 Å². The molecule has 0 heterocycles. The summed E-state index contributed by atoms with van der Waals surface area (Å²) in [6.45, 7) is -0.854. The molecular weight excluding hydrogens is 222 g/mol. The molecule has 0 aliphatic heterocycles. The van der Waals surface area contributed by atoms with Gasteiger partial charge in [0.2, 0.25) is 0 Å². The van der Waals surface area contributed by atoms with Crippen LogP contribution in [-0.2, 0) is 0 Å². The van der Waals surface area contributed by atoms with Crippen molar-refractivity contribution in [3.63, 3.8) is 0 Å². The quantitative estimate of drug-likeness (QED) is 0.843. The van der Waals surface area contributed by atoms with Gasteiger partial charge in [-0.1, -0.05) is 0 Å². The van der Waals surface area contributed by atoms with Crippen molar-refractivity contribution in [1.82, 2.24) is 0 Å². The number of aromatic carboxylic acids is 1. The van der Waals surface area contributed by atoms with E-state index in [-0.39, 0.29) is 11.3 Å². The molecule has 0 aliphatic carbocycles. The molecule has 0 atom stereocenters. The minimum atomic E-state index is -2.66. The van der Waals surface area contributed by atoms with Crippen LogP contribution in [0, 0.1) is 0 Å². The van der Waals surface area contributed by atoms with Crippen molar-refractivity contribution in [2.24, 2.45) is 0 Å². The fourth-order valence-electron chi connectivity index (χ4n) is 1.08. The van der Waals surface area contributed by atoms with E-state index >= 15 is 0 Å². The Morgan fingerprint density at radius 1 is 1.50 bits per heavy atom. The van der Waals surface area contributed by atoms with Gasteiger partial charge in [0, 0.05) is 6.07 Å². The molecule has 0 amide bonds. The lowest BCUT2D eigenvalue weighted by atomic mass is 10.2. The van der Waals surface area contributed by atoms with E-state index in [0.29, 0.717) is 5.75 Å². The van der Waals surface area contributed by atoms with Gasteiger partial charge in [-0.15, -0.1) is 0 Å². The molecule has 1 aromatic carbocycles. The highest BCUT2D eigenvalue weighted by molar-refractivity contribution is 5.91. The van der Waals surface area contributed by atoms with Crippen LogP contribution in [0.1, 0.15) is 10.4 Å². The first-order valence-corrected chi connectivity index (χ1v) is 4.37. The third-order valence-corrected chi connectivity index (χ3v) is 1.78. The van der Waals surface area contributed by atoms with E-state index in [4.69, 9.17) is 14.6 Å². The Labute approximate surface area is 90.4 Å². The van der Waals surface area contributed by atoms with E-state index in [1.54, 1.807) is 0 Å². The average Bonchev–Trinajstić information content (AvgIpc) is 2.25. The molecule has 16 heavy (non-hydrogen) atoms. The molecule has 0 fully saturated rings. The van der Waals surface area contributed by atoms with Crippen molar-refractivity contribution in [2.45, 2.75) is 6.43 Å². The van der Waals surface area contributed by atoms with Crippen LogP contribution in [0.2, 0.25) is 0 Å². The molecule has 0 aliphatic rings. The van der Waals surface area contributed by atoms with Gasteiger partial charge in [-0.05, 0) is 12.1 Å². The van der Waals surface area contributed by atoms with Gasteiger partial charge in [-0.25, -0.2) is 13.6 Å². The molecule has 0 aromatic heterocycles. The number of carbonyl (C=O) groups is 1. The first kappa shape index (κ1) is 12.2. The second kappa shape index (κ2) is 5.29. The van der Waals surface area contributed by atoms with Gasteiger partial charge in [0.05, 0.1) is 7.11 Å². The van der Waals surface area contributed by atoms with Crippen LogP contribution < -0.4 is 9.47 Å². The maximum Gasteiger partial charge on any atom is 0.339 e. The van der Waals surface area contributed by atoms with E-state index in [2.05, 4.69) is 0 Å². The van der Waals surface area contributed by atoms with Crippen molar-refractivity contribution in [3.05, 3.63) is 23.8 Å². The largest absolute Gasteiger partial charge is 0.497 e. The molecule has 0 saturated carbocycles. The SMILES string of the molecule is COc1ccc(C(=O)O)c(OCC(F)F)c1. The molecule has 0 bridgehead atoms. The van der Waals surface area contributed by atoms with Crippen molar-refractivity contribution in [1.29, 1.82) is 0 Å². The molecule has 0 radical (unpaired) electrons. The summed E-state index contributed by atoms with van der Waals surface area (Å²) in [5.41, 5.74) is -0.179. The van der Waals surface area contributed by atoms with Crippen LogP contribution in [0.25, 0.3) is 0 Å². The fraction of sp³-hybridized carbons (Fsp3) is 0.300. The Bertz CT molecular complexity index is 379. The van der Waals surface area contributed by atoms with E-state index in [9.17, 15) is 13.6 Å². The van der Waals surface area contributed by atoms with Crippen LogP contribution in [0.3, 0.4) is 0 Å².